The minimum Gasteiger partial charge on any atom is -0.339 e. The lowest BCUT2D eigenvalue weighted by Crippen LogP contribution is -2.41. The van der Waals surface area contributed by atoms with Gasteiger partial charge in [0.15, 0.2) is 11.6 Å². The molecule has 0 bridgehead atoms. The highest BCUT2D eigenvalue weighted by Crippen LogP contribution is 2.25. The number of rotatable bonds is 3. The molecule has 0 radical (unpaired) electrons. The Balaban J connectivity index is 1.60. The van der Waals surface area contributed by atoms with Gasteiger partial charge in [0, 0.05) is 29.7 Å². The van der Waals surface area contributed by atoms with Crippen LogP contribution in [0, 0.1) is 17.6 Å². The number of aromatic nitrogens is 1. The SMILES string of the molecule is O=C(Nc1ccc(Br)cn1)C1CCN(C(=O)c2cc(F)c(F)cc2Cl)CC1. The van der Waals surface area contributed by atoms with Crippen LogP contribution in [0.15, 0.2) is 34.9 Å². The maximum absolute atomic E-state index is 13.4. The summed E-state index contributed by atoms with van der Waals surface area (Å²) in [5.74, 6) is -2.68. The Labute approximate surface area is 167 Å². The molecule has 1 aliphatic rings. The normalized spacial score (nSPS) is 14.9. The zero-order chi connectivity index (χ0) is 19.6. The molecule has 5 nitrogen and oxygen atoms in total. The smallest absolute Gasteiger partial charge is 0.255 e. The number of piperidine rings is 1. The third-order valence-corrected chi connectivity index (χ3v) is 5.15. The Kier molecular flexibility index (Phi) is 6.06. The molecule has 1 aromatic heterocycles. The van der Waals surface area contributed by atoms with Crippen LogP contribution in [0.5, 0.6) is 0 Å². The van der Waals surface area contributed by atoms with Crippen molar-refractivity contribution < 1.29 is 18.4 Å². The van der Waals surface area contributed by atoms with Gasteiger partial charge in [-0.2, -0.15) is 0 Å². The van der Waals surface area contributed by atoms with Crippen LogP contribution in [0.4, 0.5) is 14.6 Å². The monoisotopic (exact) mass is 457 g/mol. The number of pyridine rings is 1. The molecule has 1 saturated heterocycles. The van der Waals surface area contributed by atoms with E-state index >= 15 is 0 Å². The van der Waals surface area contributed by atoms with Gasteiger partial charge in [0.2, 0.25) is 5.91 Å². The third kappa shape index (κ3) is 4.62. The highest BCUT2D eigenvalue weighted by atomic mass is 79.9. The standard InChI is InChI=1S/C18H15BrClF2N3O2/c19-11-1-2-16(23-9-11)24-17(26)10-3-5-25(6-4-10)18(27)12-7-14(21)15(22)8-13(12)20/h1-2,7-10H,3-6H2,(H,23,24,26). The number of halogens is 4. The summed E-state index contributed by atoms with van der Waals surface area (Å²) >= 11 is 9.14. The van der Waals surface area contributed by atoms with Crippen LogP contribution in [0.1, 0.15) is 23.2 Å². The van der Waals surface area contributed by atoms with Crippen LogP contribution in [0.3, 0.4) is 0 Å². The lowest BCUT2D eigenvalue weighted by Gasteiger charge is -2.31. The second kappa shape index (κ2) is 8.31. The van der Waals surface area contributed by atoms with Crippen molar-refractivity contribution in [2.45, 2.75) is 12.8 Å². The number of hydrogen-bond acceptors (Lipinski definition) is 3. The molecule has 142 valence electrons. The number of nitrogens with one attached hydrogen (secondary N) is 1. The van der Waals surface area contributed by atoms with E-state index in [1.165, 1.54) is 4.90 Å². The number of amides is 2. The van der Waals surface area contributed by atoms with Gasteiger partial charge in [0.1, 0.15) is 5.82 Å². The summed E-state index contributed by atoms with van der Waals surface area (Å²) in [6.07, 6.45) is 2.49. The molecule has 1 aliphatic heterocycles. The lowest BCUT2D eigenvalue weighted by atomic mass is 9.95. The summed E-state index contributed by atoms with van der Waals surface area (Å²) in [6, 6.07) is 5.05. The van der Waals surface area contributed by atoms with E-state index in [0.29, 0.717) is 31.7 Å². The first kappa shape index (κ1) is 19.7. The van der Waals surface area contributed by atoms with Crippen molar-refractivity contribution >= 4 is 45.2 Å². The summed E-state index contributed by atoms with van der Waals surface area (Å²) in [6.45, 7) is 0.639. The average Bonchev–Trinajstić information content (AvgIpc) is 2.66. The molecule has 1 aromatic carbocycles. The number of carbonyl (C=O) groups is 2. The van der Waals surface area contributed by atoms with Gasteiger partial charge in [0.05, 0.1) is 10.6 Å². The Hall–Kier alpha value is -2.06. The topological polar surface area (TPSA) is 62.3 Å². The molecule has 0 unspecified atom stereocenters. The van der Waals surface area contributed by atoms with Crippen LogP contribution in [0.25, 0.3) is 0 Å². The molecule has 1 fully saturated rings. The molecule has 1 N–H and O–H groups in total. The molecule has 3 rings (SSSR count). The van der Waals surface area contributed by atoms with Crippen molar-refractivity contribution in [2.24, 2.45) is 5.92 Å². The van der Waals surface area contributed by atoms with Crippen LogP contribution in [0.2, 0.25) is 5.02 Å². The van der Waals surface area contributed by atoms with Crippen molar-refractivity contribution in [2.75, 3.05) is 18.4 Å². The first-order valence-electron chi connectivity index (χ1n) is 8.21. The summed E-state index contributed by atoms with van der Waals surface area (Å²) in [4.78, 5) is 30.5. The van der Waals surface area contributed by atoms with E-state index in [9.17, 15) is 18.4 Å². The van der Waals surface area contributed by atoms with Crippen molar-refractivity contribution in [3.63, 3.8) is 0 Å². The van der Waals surface area contributed by atoms with Gasteiger partial charge in [-0.05, 0) is 53.0 Å². The van der Waals surface area contributed by atoms with E-state index in [0.717, 1.165) is 16.6 Å². The summed E-state index contributed by atoms with van der Waals surface area (Å²) in [5, 5.41) is 2.61. The molecule has 0 atom stereocenters. The van der Waals surface area contributed by atoms with E-state index < -0.39 is 17.5 Å². The van der Waals surface area contributed by atoms with Crippen LogP contribution < -0.4 is 5.32 Å². The number of hydrogen-bond donors (Lipinski definition) is 1. The Morgan fingerprint density at radius 2 is 1.85 bits per heavy atom. The van der Waals surface area contributed by atoms with Gasteiger partial charge in [-0.15, -0.1) is 0 Å². The summed E-state index contributed by atoms with van der Waals surface area (Å²) in [7, 11) is 0. The number of carbonyl (C=O) groups excluding carboxylic acids is 2. The molecule has 0 aliphatic carbocycles. The van der Waals surface area contributed by atoms with Crippen LogP contribution in [-0.4, -0.2) is 34.8 Å². The van der Waals surface area contributed by atoms with Gasteiger partial charge in [-0.25, -0.2) is 13.8 Å². The van der Waals surface area contributed by atoms with E-state index in [1.54, 1.807) is 18.3 Å². The fourth-order valence-corrected chi connectivity index (χ4v) is 3.35. The molecule has 2 heterocycles. The number of anilines is 1. The fourth-order valence-electron chi connectivity index (χ4n) is 2.88. The van der Waals surface area contributed by atoms with Crippen molar-refractivity contribution in [3.8, 4) is 0 Å². The molecule has 0 saturated carbocycles. The zero-order valence-electron chi connectivity index (χ0n) is 14.0. The van der Waals surface area contributed by atoms with E-state index in [4.69, 9.17) is 11.6 Å². The highest BCUT2D eigenvalue weighted by molar-refractivity contribution is 9.10. The molecule has 2 amide bonds. The average molecular weight is 459 g/mol. The van der Waals surface area contributed by atoms with Gasteiger partial charge in [-0.1, -0.05) is 11.6 Å². The van der Waals surface area contributed by atoms with E-state index in [2.05, 4.69) is 26.2 Å². The quantitative estimate of drug-likeness (QED) is 0.699. The van der Waals surface area contributed by atoms with Gasteiger partial charge >= 0.3 is 0 Å². The first-order chi connectivity index (χ1) is 12.8. The second-order valence-corrected chi connectivity index (χ2v) is 7.49. The lowest BCUT2D eigenvalue weighted by molar-refractivity contribution is -0.121. The van der Waals surface area contributed by atoms with Crippen molar-refractivity contribution in [1.29, 1.82) is 0 Å². The molecule has 0 spiro atoms. The largest absolute Gasteiger partial charge is 0.339 e. The van der Waals surface area contributed by atoms with Crippen molar-refractivity contribution in [3.05, 3.63) is 57.2 Å². The summed E-state index contributed by atoms with van der Waals surface area (Å²) in [5.41, 5.74) is -0.0856. The van der Waals surface area contributed by atoms with Gasteiger partial charge in [-0.3, -0.25) is 9.59 Å². The maximum atomic E-state index is 13.4. The predicted octanol–water partition coefficient (Wildman–Crippen LogP) is 4.27. The summed E-state index contributed by atoms with van der Waals surface area (Å²) < 4.78 is 27.4. The molecule has 2 aromatic rings. The highest BCUT2D eigenvalue weighted by Gasteiger charge is 2.29. The predicted molar refractivity (Wildman–Crippen MR) is 101 cm³/mol. The number of nitrogens with zero attached hydrogens (tertiary/aromatic N) is 2. The second-order valence-electron chi connectivity index (χ2n) is 6.16. The van der Waals surface area contributed by atoms with E-state index in [1.807, 2.05) is 0 Å². The molecular weight excluding hydrogens is 444 g/mol. The van der Waals surface area contributed by atoms with Crippen molar-refractivity contribution in [1.82, 2.24) is 9.88 Å². The van der Waals surface area contributed by atoms with Gasteiger partial charge < -0.3 is 10.2 Å². The fraction of sp³-hybridized carbons (Fsp3) is 0.278. The maximum Gasteiger partial charge on any atom is 0.255 e. The Bertz CT molecular complexity index is 872. The number of benzene rings is 1. The molecule has 27 heavy (non-hydrogen) atoms. The minimum absolute atomic E-state index is 0.0856. The molecular formula is C18H15BrClF2N3O2. The third-order valence-electron chi connectivity index (χ3n) is 4.37. The zero-order valence-corrected chi connectivity index (χ0v) is 16.4. The molecule has 9 heteroatoms. The van der Waals surface area contributed by atoms with Gasteiger partial charge in [0.25, 0.3) is 5.91 Å². The first-order valence-corrected chi connectivity index (χ1v) is 9.38. The minimum atomic E-state index is -1.13. The van der Waals surface area contributed by atoms with Crippen LogP contribution in [-0.2, 0) is 4.79 Å². The number of likely N-dealkylation sites (tertiary alicyclic amines) is 1. The Morgan fingerprint density at radius 3 is 2.48 bits per heavy atom. The Morgan fingerprint density at radius 1 is 1.19 bits per heavy atom. The van der Waals surface area contributed by atoms with E-state index in [-0.39, 0.29) is 22.4 Å². The van der Waals surface area contributed by atoms with Crippen LogP contribution >= 0.6 is 27.5 Å².